The van der Waals surface area contributed by atoms with Crippen LogP contribution < -0.4 is 4.74 Å². The largest absolute Gasteiger partial charge is 0.489 e. The SMILES string of the molecule is COC(=O)c1ccc(CCCc2cc(CS(C)(=O)=O)ccc2OCc2ccccc2)cc1. The van der Waals surface area contributed by atoms with Gasteiger partial charge >= 0.3 is 5.97 Å². The fraction of sp³-hybridized carbons (Fsp3) is 0.269. The first-order chi connectivity index (χ1) is 15.3. The van der Waals surface area contributed by atoms with Crippen LogP contribution in [0.5, 0.6) is 5.75 Å². The summed E-state index contributed by atoms with van der Waals surface area (Å²) in [6.45, 7) is 0.453. The Hall–Kier alpha value is -3.12. The van der Waals surface area contributed by atoms with E-state index in [1.165, 1.54) is 13.4 Å². The van der Waals surface area contributed by atoms with Gasteiger partial charge in [-0.15, -0.1) is 0 Å². The number of rotatable bonds is 10. The number of hydrogen-bond acceptors (Lipinski definition) is 5. The second-order valence-electron chi connectivity index (χ2n) is 7.83. The maximum absolute atomic E-state index is 11.7. The van der Waals surface area contributed by atoms with Gasteiger partial charge in [0.1, 0.15) is 12.4 Å². The van der Waals surface area contributed by atoms with Gasteiger partial charge in [0.15, 0.2) is 9.84 Å². The van der Waals surface area contributed by atoms with Crippen molar-refractivity contribution in [1.29, 1.82) is 0 Å². The molecule has 3 aromatic carbocycles. The van der Waals surface area contributed by atoms with Crippen molar-refractivity contribution in [3.8, 4) is 5.75 Å². The zero-order valence-electron chi connectivity index (χ0n) is 18.4. The van der Waals surface area contributed by atoms with E-state index in [2.05, 4.69) is 0 Å². The average molecular weight is 453 g/mol. The third-order valence-corrected chi connectivity index (χ3v) is 5.94. The topological polar surface area (TPSA) is 69.7 Å². The molecule has 6 heteroatoms. The van der Waals surface area contributed by atoms with Crippen LogP contribution in [0.15, 0.2) is 72.8 Å². The lowest BCUT2D eigenvalue weighted by atomic mass is 10.0. The highest BCUT2D eigenvalue weighted by molar-refractivity contribution is 7.89. The lowest BCUT2D eigenvalue weighted by Gasteiger charge is -2.14. The van der Waals surface area contributed by atoms with E-state index >= 15 is 0 Å². The maximum atomic E-state index is 11.7. The molecule has 0 unspecified atom stereocenters. The number of carbonyl (C=O) groups is 1. The van der Waals surface area contributed by atoms with Gasteiger partial charge in [-0.2, -0.15) is 0 Å². The van der Waals surface area contributed by atoms with E-state index in [1.807, 2.05) is 60.7 Å². The van der Waals surface area contributed by atoms with Gasteiger partial charge in [-0.3, -0.25) is 0 Å². The quantitative estimate of drug-likeness (QED) is 0.414. The Labute approximate surface area is 189 Å². The molecule has 0 aliphatic heterocycles. The molecule has 0 aliphatic rings. The van der Waals surface area contributed by atoms with Crippen molar-refractivity contribution in [2.45, 2.75) is 31.6 Å². The van der Waals surface area contributed by atoms with E-state index in [0.29, 0.717) is 12.2 Å². The molecule has 3 rings (SSSR count). The van der Waals surface area contributed by atoms with Crippen molar-refractivity contribution in [1.82, 2.24) is 0 Å². The van der Waals surface area contributed by atoms with Crippen LogP contribution >= 0.6 is 0 Å². The minimum Gasteiger partial charge on any atom is -0.489 e. The highest BCUT2D eigenvalue weighted by atomic mass is 32.2. The average Bonchev–Trinajstić information content (AvgIpc) is 2.78. The minimum atomic E-state index is -3.12. The molecule has 0 N–H and O–H groups in total. The van der Waals surface area contributed by atoms with Crippen LogP contribution in [0.3, 0.4) is 0 Å². The second-order valence-corrected chi connectivity index (χ2v) is 9.97. The zero-order chi connectivity index (χ0) is 23.0. The van der Waals surface area contributed by atoms with Gasteiger partial charge in [0.2, 0.25) is 0 Å². The monoisotopic (exact) mass is 452 g/mol. The number of sulfone groups is 1. The van der Waals surface area contributed by atoms with E-state index < -0.39 is 9.84 Å². The predicted molar refractivity (Wildman–Crippen MR) is 126 cm³/mol. The molecule has 0 saturated carbocycles. The summed E-state index contributed by atoms with van der Waals surface area (Å²) in [5, 5.41) is 0. The van der Waals surface area contributed by atoms with Crippen molar-refractivity contribution < 1.29 is 22.7 Å². The summed E-state index contributed by atoms with van der Waals surface area (Å²) in [6, 6.07) is 22.9. The van der Waals surface area contributed by atoms with Gasteiger partial charge in [0.25, 0.3) is 0 Å². The number of carbonyl (C=O) groups excluding carboxylic acids is 1. The summed E-state index contributed by atoms with van der Waals surface area (Å²) in [7, 11) is -1.75. The molecular weight excluding hydrogens is 424 g/mol. The van der Waals surface area contributed by atoms with Gasteiger partial charge < -0.3 is 9.47 Å². The van der Waals surface area contributed by atoms with Gasteiger partial charge in [0, 0.05) is 6.26 Å². The van der Waals surface area contributed by atoms with Crippen molar-refractivity contribution in [3.05, 3.63) is 101 Å². The van der Waals surface area contributed by atoms with Crippen molar-refractivity contribution >= 4 is 15.8 Å². The normalized spacial score (nSPS) is 11.2. The summed E-state index contributed by atoms with van der Waals surface area (Å²) in [6.07, 6.45) is 3.68. The van der Waals surface area contributed by atoms with Crippen LogP contribution in [0.2, 0.25) is 0 Å². The second kappa shape index (κ2) is 11.0. The smallest absolute Gasteiger partial charge is 0.337 e. The van der Waals surface area contributed by atoms with Crippen molar-refractivity contribution in [2.24, 2.45) is 0 Å². The summed E-state index contributed by atoms with van der Waals surface area (Å²) < 4.78 is 34.3. The van der Waals surface area contributed by atoms with Crippen molar-refractivity contribution in [2.75, 3.05) is 13.4 Å². The summed E-state index contributed by atoms with van der Waals surface area (Å²) in [5.41, 5.74) is 4.48. The number of benzene rings is 3. The van der Waals surface area contributed by atoms with E-state index in [1.54, 1.807) is 12.1 Å². The van der Waals surface area contributed by atoms with Gasteiger partial charge in [-0.05, 0) is 59.7 Å². The molecular formula is C26H28O5S. The lowest BCUT2D eigenvalue weighted by molar-refractivity contribution is 0.0600. The molecule has 32 heavy (non-hydrogen) atoms. The first-order valence-electron chi connectivity index (χ1n) is 10.5. The van der Waals surface area contributed by atoms with E-state index in [0.717, 1.165) is 47.3 Å². The molecule has 0 amide bonds. The Kier molecular flexibility index (Phi) is 8.06. The van der Waals surface area contributed by atoms with Crippen LogP contribution in [0, 0.1) is 0 Å². The minimum absolute atomic E-state index is 0.00789. The fourth-order valence-corrected chi connectivity index (χ4v) is 4.29. The summed E-state index contributed by atoms with van der Waals surface area (Å²) >= 11 is 0. The Bertz CT molecular complexity index is 1140. The molecule has 0 spiro atoms. The number of hydrogen-bond donors (Lipinski definition) is 0. The van der Waals surface area contributed by atoms with E-state index in [9.17, 15) is 13.2 Å². The highest BCUT2D eigenvalue weighted by Gasteiger charge is 2.11. The molecule has 0 aromatic heterocycles. The van der Waals surface area contributed by atoms with E-state index in [4.69, 9.17) is 9.47 Å². The van der Waals surface area contributed by atoms with Crippen LogP contribution in [-0.2, 0) is 39.8 Å². The first kappa shape index (κ1) is 23.5. The number of methoxy groups -OCH3 is 1. The van der Waals surface area contributed by atoms with Gasteiger partial charge in [0.05, 0.1) is 18.4 Å². The molecule has 0 heterocycles. The van der Waals surface area contributed by atoms with Crippen molar-refractivity contribution in [3.63, 3.8) is 0 Å². The van der Waals surface area contributed by atoms with Crippen LogP contribution in [0.1, 0.15) is 39.0 Å². The third-order valence-electron chi connectivity index (χ3n) is 5.08. The van der Waals surface area contributed by atoms with E-state index in [-0.39, 0.29) is 11.7 Å². The lowest BCUT2D eigenvalue weighted by Crippen LogP contribution is -2.04. The van der Waals surface area contributed by atoms with Crippen LogP contribution in [-0.4, -0.2) is 27.8 Å². The predicted octanol–water partition coefficient (Wildman–Crippen LogP) is 4.77. The molecule has 0 aliphatic carbocycles. The van der Waals surface area contributed by atoms with Crippen LogP contribution in [0.4, 0.5) is 0 Å². The molecule has 0 bridgehead atoms. The van der Waals surface area contributed by atoms with Crippen LogP contribution in [0.25, 0.3) is 0 Å². The number of ether oxygens (including phenoxy) is 2. The first-order valence-corrected chi connectivity index (χ1v) is 12.5. The molecule has 168 valence electrons. The zero-order valence-corrected chi connectivity index (χ0v) is 19.2. The maximum Gasteiger partial charge on any atom is 0.337 e. The Morgan fingerprint density at radius 2 is 1.53 bits per heavy atom. The van der Waals surface area contributed by atoms with Gasteiger partial charge in [-0.25, -0.2) is 13.2 Å². The standard InChI is InChI=1S/C26H28O5S/c1-30-26(27)23-14-11-20(12-15-23)9-6-10-24-17-22(19-32(2,28)29)13-16-25(24)31-18-21-7-4-3-5-8-21/h3-5,7-8,11-17H,6,9-10,18-19H2,1-2H3. The highest BCUT2D eigenvalue weighted by Crippen LogP contribution is 2.25. The molecule has 0 radical (unpaired) electrons. The molecule has 0 fully saturated rings. The number of esters is 1. The van der Waals surface area contributed by atoms with Gasteiger partial charge in [-0.1, -0.05) is 54.6 Å². The number of aryl methyl sites for hydroxylation is 2. The molecule has 0 atom stereocenters. The fourth-order valence-electron chi connectivity index (χ4n) is 3.51. The molecule has 0 saturated heterocycles. The molecule has 5 nitrogen and oxygen atoms in total. The summed E-state index contributed by atoms with van der Waals surface area (Å²) in [5.74, 6) is 0.431. The third kappa shape index (κ3) is 7.24. The summed E-state index contributed by atoms with van der Waals surface area (Å²) in [4.78, 5) is 11.6. The Balaban J connectivity index is 1.69. The molecule has 3 aromatic rings. The Morgan fingerprint density at radius 3 is 2.19 bits per heavy atom. The Morgan fingerprint density at radius 1 is 0.844 bits per heavy atom.